The summed E-state index contributed by atoms with van der Waals surface area (Å²) >= 11 is 0. The van der Waals surface area contributed by atoms with E-state index < -0.39 is 12.3 Å². The van der Waals surface area contributed by atoms with Crippen molar-refractivity contribution in [3.63, 3.8) is 0 Å². The number of carbonyl (C=O) groups excluding carboxylic acids is 2. The van der Waals surface area contributed by atoms with Gasteiger partial charge in [0.2, 0.25) is 5.91 Å². The lowest BCUT2D eigenvalue weighted by molar-refractivity contribution is -0.143. The van der Waals surface area contributed by atoms with E-state index in [2.05, 4.69) is 0 Å². The Hall–Kier alpha value is -2.62. The molecule has 0 bridgehead atoms. The van der Waals surface area contributed by atoms with E-state index in [0.29, 0.717) is 19.3 Å². The summed E-state index contributed by atoms with van der Waals surface area (Å²) in [5, 5.41) is 0. The molecule has 1 amide bonds. The molecular weight excluding hydrogens is 326 g/mol. The van der Waals surface area contributed by atoms with Gasteiger partial charge in [-0.3, -0.25) is 9.69 Å². The average molecular weight is 351 g/mol. The van der Waals surface area contributed by atoms with Crippen LogP contribution in [0.3, 0.4) is 0 Å². The molecule has 2 unspecified atom stereocenters. The lowest BCUT2D eigenvalue weighted by Crippen LogP contribution is -2.45. The van der Waals surface area contributed by atoms with Gasteiger partial charge in [0, 0.05) is 19.3 Å². The van der Waals surface area contributed by atoms with Crippen LogP contribution in [0.4, 0.5) is 0 Å². The van der Waals surface area contributed by atoms with Crippen molar-refractivity contribution in [3.05, 3.63) is 71.8 Å². The molecule has 1 heterocycles. The van der Waals surface area contributed by atoms with E-state index in [4.69, 9.17) is 4.74 Å². The molecule has 0 aromatic heterocycles. The quantitative estimate of drug-likeness (QED) is 0.747. The number of rotatable bonds is 6. The van der Waals surface area contributed by atoms with Gasteiger partial charge in [-0.25, -0.2) is 4.79 Å². The predicted molar refractivity (Wildman–Crippen MR) is 100 cm³/mol. The van der Waals surface area contributed by atoms with Crippen LogP contribution in [0.1, 0.15) is 31.4 Å². The van der Waals surface area contributed by atoms with Crippen molar-refractivity contribution < 1.29 is 14.3 Å². The van der Waals surface area contributed by atoms with Crippen molar-refractivity contribution in [2.45, 2.75) is 45.4 Å². The van der Waals surface area contributed by atoms with Gasteiger partial charge < -0.3 is 4.74 Å². The minimum atomic E-state index is -0.558. The van der Waals surface area contributed by atoms with Crippen LogP contribution in [-0.4, -0.2) is 29.0 Å². The summed E-state index contributed by atoms with van der Waals surface area (Å²) in [6.07, 6.45) is 0.869. The van der Waals surface area contributed by atoms with E-state index in [0.717, 1.165) is 11.1 Å². The van der Waals surface area contributed by atoms with Gasteiger partial charge in [-0.15, -0.1) is 0 Å². The normalized spacial score (nSPS) is 19.7. The number of hydrogen-bond donors (Lipinski definition) is 0. The van der Waals surface area contributed by atoms with E-state index >= 15 is 0 Å². The molecule has 2 aromatic carbocycles. The highest BCUT2D eigenvalue weighted by Gasteiger charge is 2.44. The van der Waals surface area contributed by atoms with Crippen molar-refractivity contribution in [2.24, 2.45) is 5.92 Å². The van der Waals surface area contributed by atoms with Gasteiger partial charge >= 0.3 is 5.97 Å². The second-order valence-corrected chi connectivity index (χ2v) is 7.19. The average Bonchev–Trinajstić information content (AvgIpc) is 2.91. The maximum absolute atomic E-state index is 12.9. The first-order valence-electron chi connectivity index (χ1n) is 9.14. The number of nitrogens with zero attached hydrogens (tertiary/aromatic N) is 1. The Kier molecular flexibility index (Phi) is 5.71. The first-order chi connectivity index (χ1) is 12.5. The van der Waals surface area contributed by atoms with Crippen LogP contribution in [0.5, 0.6) is 0 Å². The summed E-state index contributed by atoms with van der Waals surface area (Å²) in [5.41, 5.74) is 2.07. The molecule has 0 radical (unpaired) electrons. The molecule has 1 aliphatic rings. The molecule has 136 valence electrons. The molecule has 4 nitrogen and oxygen atoms in total. The highest BCUT2D eigenvalue weighted by atomic mass is 16.6. The van der Waals surface area contributed by atoms with Crippen LogP contribution in [0.15, 0.2) is 60.7 Å². The minimum absolute atomic E-state index is 0.0206. The standard InChI is InChI=1S/C22H25NO3/c1-16(2)13-20(24)23-19(14-17-9-5-3-6-10-17)22(25)26-21(23)15-18-11-7-4-8-12-18/h3-12,16,19,21H,13-15H2,1-2H3. The molecule has 0 saturated carbocycles. The van der Waals surface area contributed by atoms with E-state index in [9.17, 15) is 9.59 Å². The first-order valence-corrected chi connectivity index (χ1v) is 9.14. The van der Waals surface area contributed by atoms with E-state index in [1.165, 1.54) is 0 Å². The van der Waals surface area contributed by atoms with Gasteiger partial charge in [-0.2, -0.15) is 0 Å². The van der Waals surface area contributed by atoms with Crippen molar-refractivity contribution in [1.82, 2.24) is 4.90 Å². The summed E-state index contributed by atoms with van der Waals surface area (Å²) in [4.78, 5) is 27.1. The Morgan fingerprint density at radius 2 is 1.50 bits per heavy atom. The number of amides is 1. The van der Waals surface area contributed by atoms with Gasteiger partial charge in [-0.1, -0.05) is 74.5 Å². The third kappa shape index (κ3) is 4.31. The molecule has 1 aliphatic heterocycles. The van der Waals surface area contributed by atoms with E-state index in [1.807, 2.05) is 74.5 Å². The zero-order valence-electron chi connectivity index (χ0n) is 15.3. The number of carbonyl (C=O) groups is 2. The van der Waals surface area contributed by atoms with Crippen LogP contribution < -0.4 is 0 Å². The van der Waals surface area contributed by atoms with Crippen LogP contribution in [0.2, 0.25) is 0 Å². The van der Waals surface area contributed by atoms with Gasteiger partial charge in [0.15, 0.2) is 6.23 Å². The van der Waals surface area contributed by atoms with E-state index in [-0.39, 0.29) is 17.8 Å². The second-order valence-electron chi connectivity index (χ2n) is 7.19. The summed E-state index contributed by atoms with van der Waals surface area (Å²) < 4.78 is 5.63. The minimum Gasteiger partial charge on any atom is -0.440 e. The van der Waals surface area contributed by atoms with Crippen LogP contribution >= 0.6 is 0 Å². The summed E-state index contributed by atoms with van der Waals surface area (Å²) in [7, 11) is 0. The smallest absolute Gasteiger partial charge is 0.331 e. The Labute approximate surface area is 154 Å². The zero-order valence-corrected chi connectivity index (χ0v) is 15.3. The van der Waals surface area contributed by atoms with Gasteiger partial charge in [-0.05, 0) is 17.0 Å². The number of ether oxygens (including phenoxy) is 1. The number of esters is 1. The van der Waals surface area contributed by atoms with E-state index in [1.54, 1.807) is 4.90 Å². The first kappa shape index (κ1) is 18.2. The zero-order chi connectivity index (χ0) is 18.5. The van der Waals surface area contributed by atoms with Crippen molar-refractivity contribution in [1.29, 1.82) is 0 Å². The van der Waals surface area contributed by atoms with Crippen molar-refractivity contribution >= 4 is 11.9 Å². The van der Waals surface area contributed by atoms with Crippen LogP contribution in [0.25, 0.3) is 0 Å². The fourth-order valence-electron chi connectivity index (χ4n) is 3.35. The molecule has 2 aromatic rings. The molecule has 4 heteroatoms. The Bertz CT molecular complexity index is 742. The molecule has 0 spiro atoms. The largest absolute Gasteiger partial charge is 0.440 e. The van der Waals surface area contributed by atoms with Gasteiger partial charge in [0.25, 0.3) is 0 Å². The van der Waals surface area contributed by atoms with Crippen molar-refractivity contribution in [2.75, 3.05) is 0 Å². The predicted octanol–water partition coefficient (Wildman–Crippen LogP) is 3.60. The number of benzene rings is 2. The van der Waals surface area contributed by atoms with Gasteiger partial charge in [0.1, 0.15) is 6.04 Å². The topological polar surface area (TPSA) is 46.6 Å². The Morgan fingerprint density at radius 1 is 0.962 bits per heavy atom. The molecule has 1 fully saturated rings. The molecular formula is C22H25NO3. The second kappa shape index (κ2) is 8.17. The fourth-order valence-corrected chi connectivity index (χ4v) is 3.35. The third-order valence-electron chi connectivity index (χ3n) is 4.57. The molecule has 0 N–H and O–H groups in total. The van der Waals surface area contributed by atoms with Crippen molar-refractivity contribution in [3.8, 4) is 0 Å². The third-order valence-corrected chi connectivity index (χ3v) is 4.57. The van der Waals surface area contributed by atoms with Crippen LogP contribution in [-0.2, 0) is 27.2 Å². The lowest BCUT2D eigenvalue weighted by Gasteiger charge is -2.27. The summed E-state index contributed by atoms with van der Waals surface area (Å²) in [5.74, 6) is -0.104. The number of cyclic esters (lactones) is 1. The maximum Gasteiger partial charge on any atom is 0.331 e. The molecule has 1 saturated heterocycles. The molecule has 26 heavy (non-hydrogen) atoms. The van der Waals surface area contributed by atoms with Crippen LogP contribution in [0, 0.1) is 5.92 Å². The SMILES string of the molecule is CC(C)CC(=O)N1C(Cc2ccccc2)OC(=O)C1Cc1ccccc1. The molecule has 0 aliphatic carbocycles. The summed E-state index contributed by atoms with van der Waals surface area (Å²) in [6, 6.07) is 19.0. The fraction of sp³-hybridized carbons (Fsp3) is 0.364. The van der Waals surface area contributed by atoms with Gasteiger partial charge in [0.05, 0.1) is 0 Å². The monoisotopic (exact) mass is 351 g/mol. The highest BCUT2D eigenvalue weighted by molar-refractivity contribution is 5.87. The highest BCUT2D eigenvalue weighted by Crippen LogP contribution is 2.26. The summed E-state index contributed by atoms with van der Waals surface area (Å²) in [6.45, 7) is 4.02. The molecule has 3 rings (SSSR count). The molecule has 2 atom stereocenters. The lowest BCUT2D eigenvalue weighted by atomic mass is 10.0. The Morgan fingerprint density at radius 3 is 2.04 bits per heavy atom. The Balaban J connectivity index is 1.84. The maximum atomic E-state index is 12.9. The number of hydrogen-bond acceptors (Lipinski definition) is 3.